The smallest absolute Gasteiger partial charge is 0.0725 e. The molecule has 0 fully saturated rings. The van der Waals surface area contributed by atoms with Crippen LogP contribution in [0.25, 0.3) is 0 Å². The molecule has 13 heavy (non-hydrogen) atoms. The Hall–Kier alpha value is -0.340. The molecule has 0 amide bonds. The van der Waals surface area contributed by atoms with Crippen molar-refractivity contribution in [1.82, 2.24) is 0 Å². The summed E-state index contributed by atoms with van der Waals surface area (Å²) >= 11 is 0. The zero-order valence-corrected chi connectivity index (χ0v) is 9.12. The number of aliphatic hydroxyl groups excluding tert-OH is 2. The summed E-state index contributed by atoms with van der Waals surface area (Å²) in [7, 11) is 0. The molecule has 0 aromatic rings. The van der Waals surface area contributed by atoms with Gasteiger partial charge in [-0.15, -0.1) is 0 Å². The van der Waals surface area contributed by atoms with Crippen molar-refractivity contribution in [3.8, 4) is 0 Å². The van der Waals surface area contributed by atoms with Crippen molar-refractivity contribution in [3.05, 3.63) is 11.6 Å². The van der Waals surface area contributed by atoms with Crippen LogP contribution in [-0.4, -0.2) is 22.4 Å². The lowest BCUT2D eigenvalue weighted by atomic mass is 10.0. The van der Waals surface area contributed by atoms with Crippen LogP contribution in [0.1, 0.15) is 40.5 Å². The standard InChI is InChI=1S/C11H22O2/c1-8(2)5-11(13)7-9(3)6-10(4)12/h7-8,10-13H,5-6H2,1-4H3/b9-7+. The van der Waals surface area contributed by atoms with E-state index in [-0.39, 0.29) is 12.2 Å². The van der Waals surface area contributed by atoms with Crippen molar-refractivity contribution >= 4 is 0 Å². The molecule has 0 saturated carbocycles. The summed E-state index contributed by atoms with van der Waals surface area (Å²) in [6, 6.07) is 0. The fourth-order valence-electron chi connectivity index (χ4n) is 1.41. The molecular weight excluding hydrogens is 164 g/mol. The van der Waals surface area contributed by atoms with E-state index in [2.05, 4.69) is 13.8 Å². The number of hydrogen-bond acceptors (Lipinski definition) is 2. The van der Waals surface area contributed by atoms with Crippen LogP contribution in [0.4, 0.5) is 0 Å². The summed E-state index contributed by atoms with van der Waals surface area (Å²) in [5.74, 6) is 0.505. The Bertz CT molecular complexity index is 159. The van der Waals surface area contributed by atoms with E-state index < -0.39 is 0 Å². The third-order valence-corrected chi connectivity index (χ3v) is 1.81. The molecule has 0 aliphatic heterocycles. The van der Waals surface area contributed by atoms with E-state index in [1.54, 1.807) is 6.92 Å². The van der Waals surface area contributed by atoms with Crippen LogP contribution in [0, 0.1) is 5.92 Å². The van der Waals surface area contributed by atoms with Crippen LogP contribution in [0.3, 0.4) is 0 Å². The molecule has 0 saturated heterocycles. The molecule has 2 atom stereocenters. The van der Waals surface area contributed by atoms with Crippen LogP contribution < -0.4 is 0 Å². The zero-order valence-electron chi connectivity index (χ0n) is 9.12. The highest BCUT2D eigenvalue weighted by Gasteiger charge is 2.05. The topological polar surface area (TPSA) is 40.5 Å². The summed E-state index contributed by atoms with van der Waals surface area (Å²) in [6.45, 7) is 7.87. The normalized spacial score (nSPS) is 17.6. The number of aliphatic hydroxyl groups is 2. The Kier molecular flexibility index (Phi) is 6.00. The SMILES string of the molecule is C/C(=C\C(O)CC(C)C)CC(C)O. The van der Waals surface area contributed by atoms with Gasteiger partial charge in [-0.25, -0.2) is 0 Å². The average Bonchev–Trinajstić information content (AvgIpc) is 1.80. The second kappa shape index (κ2) is 6.17. The molecule has 0 aromatic carbocycles. The lowest BCUT2D eigenvalue weighted by molar-refractivity contribution is 0.185. The van der Waals surface area contributed by atoms with Crippen molar-refractivity contribution in [2.24, 2.45) is 5.92 Å². The van der Waals surface area contributed by atoms with Gasteiger partial charge in [0.15, 0.2) is 0 Å². The van der Waals surface area contributed by atoms with Gasteiger partial charge in [0.1, 0.15) is 0 Å². The Morgan fingerprint density at radius 3 is 2.15 bits per heavy atom. The number of rotatable bonds is 5. The van der Waals surface area contributed by atoms with E-state index in [9.17, 15) is 5.11 Å². The fraction of sp³-hybridized carbons (Fsp3) is 0.818. The molecule has 0 aliphatic rings. The lowest BCUT2D eigenvalue weighted by Gasteiger charge is -2.11. The summed E-state index contributed by atoms with van der Waals surface area (Å²) in [5.41, 5.74) is 1.06. The van der Waals surface area contributed by atoms with E-state index in [1.807, 2.05) is 13.0 Å². The van der Waals surface area contributed by atoms with Gasteiger partial charge in [0, 0.05) is 0 Å². The highest BCUT2D eigenvalue weighted by Crippen LogP contribution is 2.10. The molecule has 0 aromatic heterocycles. The summed E-state index contributed by atoms with van der Waals surface area (Å²) < 4.78 is 0. The van der Waals surface area contributed by atoms with Gasteiger partial charge in [-0.05, 0) is 32.6 Å². The van der Waals surface area contributed by atoms with Crippen LogP contribution >= 0.6 is 0 Å². The van der Waals surface area contributed by atoms with Gasteiger partial charge < -0.3 is 10.2 Å². The van der Waals surface area contributed by atoms with E-state index in [1.165, 1.54) is 0 Å². The minimum atomic E-state index is -0.362. The molecule has 0 heterocycles. The van der Waals surface area contributed by atoms with Gasteiger partial charge in [-0.1, -0.05) is 25.5 Å². The highest BCUT2D eigenvalue weighted by atomic mass is 16.3. The molecule has 2 heteroatoms. The second-order valence-electron chi connectivity index (χ2n) is 4.26. The third-order valence-electron chi connectivity index (χ3n) is 1.81. The van der Waals surface area contributed by atoms with Gasteiger partial charge in [-0.3, -0.25) is 0 Å². The molecule has 2 N–H and O–H groups in total. The Morgan fingerprint density at radius 2 is 1.77 bits per heavy atom. The molecule has 0 aliphatic carbocycles. The van der Waals surface area contributed by atoms with Crippen molar-refractivity contribution in [2.45, 2.75) is 52.7 Å². The van der Waals surface area contributed by atoms with Gasteiger partial charge in [-0.2, -0.15) is 0 Å². The summed E-state index contributed by atoms with van der Waals surface area (Å²) in [5, 5.41) is 18.6. The van der Waals surface area contributed by atoms with Crippen LogP contribution in [-0.2, 0) is 0 Å². The zero-order chi connectivity index (χ0) is 10.4. The van der Waals surface area contributed by atoms with Crippen molar-refractivity contribution in [3.63, 3.8) is 0 Å². The molecule has 0 rings (SSSR count). The van der Waals surface area contributed by atoms with E-state index in [4.69, 9.17) is 5.11 Å². The predicted octanol–water partition coefficient (Wildman–Crippen LogP) is 2.11. The molecule has 0 spiro atoms. The molecule has 0 radical (unpaired) electrons. The molecule has 78 valence electrons. The van der Waals surface area contributed by atoms with Gasteiger partial charge in [0.05, 0.1) is 12.2 Å². The second-order valence-corrected chi connectivity index (χ2v) is 4.26. The first kappa shape index (κ1) is 12.7. The van der Waals surface area contributed by atoms with Crippen LogP contribution in [0.2, 0.25) is 0 Å². The molecular formula is C11H22O2. The molecule has 2 unspecified atom stereocenters. The largest absolute Gasteiger partial charge is 0.393 e. The van der Waals surface area contributed by atoms with Gasteiger partial charge in [0.25, 0.3) is 0 Å². The van der Waals surface area contributed by atoms with Crippen molar-refractivity contribution in [2.75, 3.05) is 0 Å². The Labute approximate surface area is 81.3 Å². The van der Waals surface area contributed by atoms with Gasteiger partial charge in [0.2, 0.25) is 0 Å². The fourth-order valence-corrected chi connectivity index (χ4v) is 1.41. The molecule has 0 bridgehead atoms. The maximum Gasteiger partial charge on any atom is 0.0725 e. The maximum atomic E-state index is 9.54. The third kappa shape index (κ3) is 8.00. The van der Waals surface area contributed by atoms with Crippen molar-refractivity contribution < 1.29 is 10.2 Å². The monoisotopic (exact) mass is 186 g/mol. The quantitative estimate of drug-likeness (QED) is 0.646. The van der Waals surface area contributed by atoms with Crippen molar-refractivity contribution in [1.29, 1.82) is 0 Å². The van der Waals surface area contributed by atoms with E-state index in [0.717, 1.165) is 12.0 Å². The predicted molar refractivity (Wildman–Crippen MR) is 55.5 cm³/mol. The first-order valence-corrected chi connectivity index (χ1v) is 4.95. The minimum absolute atomic E-state index is 0.317. The first-order chi connectivity index (χ1) is 5.91. The lowest BCUT2D eigenvalue weighted by Crippen LogP contribution is -2.08. The minimum Gasteiger partial charge on any atom is -0.393 e. The number of hydrogen-bond donors (Lipinski definition) is 2. The first-order valence-electron chi connectivity index (χ1n) is 4.95. The Morgan fingerprint density at radius 1 is 1.23 bits per heavy atom. The van der Waals surface area contributed by atoms with E-state index in [0.29, 0.717) is 12.3 Å². The van der Waals surface area contributed by atoms with Gasteiger partial charge >= 0.3 is 0 Å². The summed E-state index contributed by atoms with van der Waals surface area (Å²) in [6.07, 6.45) is 2.60. The Balaban J connectivity index is 3.91. The highest BCUT2D eigenvalue weighted by molar-refractivity contribution is 5.02. The van der Waals surface area contributed by atoms with Crippen LogP contribution in [0.15, 0.2) is 11.6 Å². The van der Waals surface area contributed by atoms with E-state index >= 15 is 0 Å². The average molecular weight is 186 g/mol. The summed E-state index contributed by atoms with van der Waals surface area (Å²) in [4.78, 5) is 0. The maximum absolute atomic E-state index is 9.54. The molecule has 2 nitrogen and oxygen atoms in total. The van der Waals surface area contributed by atoms with Crippen LogP contribution in [0.5, 0.6) is 0 Å².